The first kappa shape index (κ1) is 13.1. The molecule has 0 unspecified atom stereocenters. The van der Waals surface area contributed by atoms with E-state index >= 15 is 0 Å². The standard InChI is InChI=1S/C15H25N/c1-14(2,3)13(15(4,5)6)11-9-7-8-10-12(11)16/h7-10,13H,16H2,1-6H3. The summed E-state index contributed by atoms with van der Waals surface area (Å²) in [6, 6.07) is 8.24. The minimum Gasteiger partial charge on any atom is -0.398 e. The molecule has 1 rings (SSSR count). The topological polar surface area (TPSA) is 26.0 Å². The predicted octanol–water partition coefficient (Wildman–Crippen LogP) is 4.44. The van der Waals surface area contributed by atoms with Crippen molar-refractivity contribution in [2.24, 2.45) is 10.8 Å². The third-order valence-electron chi connectivity index (χ3n) is 3.04. The first-order valence-corrected chi connectivity index (χ1v) is 5.98. The van der Waals surface area contributed by atoms with Crippen molar-refractivity contribution in [2.75, 3.05) is 5.73 Å². The van der Waals surface area contributed by atoms with Gasteiger partial charge in [-0.2, -0.15) is 0 Å². The molecule has 0 aliphatic carbocycles. The molecule has 90 valence electrons. The molecule has 0 heterocycles. The molecule has 1 aromatic carbocycles. The number of para-hydroxylation sites is 1. The molecule has 2 N–H and O–H groups in total. The second-order valence-corrected chi connectivity index (χ2v) is 6.79. The van der Waals surface area contributed by atoms with Crippen LogP contribution in [0, 0.1) is 10.8 Å². The van der Waals surface area contributed by atoms with E-state index in [0.29, 0.717) is 5.92 Å². The summed E-state index contributed by atoms with van der Waals surface area (Å²) < 4.78 is 0. The Balaban J connectivity index is 3.29. The van der Waals surface area contributed by atoms with E-state index < -0.39 is 0 Å². The SMILES string of the molecule is CC(C)(C)C(c1ccccc1N)C(C)(C)C. The summed E-state index contributed by atoms with van der Waals surface area (Å²) in [7, 11) is 0. The van der Waals surface area contributed by atoms with E-state index in [1.807, 2.05) is 12.1 Å². The Bertz CT molecular complexity index is 338. The summed E-state index contributed by atoms with van der Waals surface area (Å²) >= 11 is 0. The molecule has 1 aromatic rings. The zero-order valence-electron chi connectivity index (χ0n) is 11.5. The van der Waals surface area contributed by atoms with Crippen molar-refractivity contribution in [3.63, 3.8) is 0 Å². The maximum absolute atomic E-state index is 6.11. The molecule has 1 heteroatoms. The molecule has 0 radical (unpaired) electrons. The number of hydrogen-bond acceptors (Lipinski definition) is 1. The molecule has 0 saturated heterocycles. The van der Waals surface area contributed by atoms with Crippen LogP contribution in [0.1, 0.15) is 53.0 Å². The second-order valence-electron chi connectivity index (χ2n) is 6.79. The normalized spacial score (nSPS) is 13.2. The van der Waals surface area contributed by atoms with E-state index in [0.717, 1.165) is 5.69 Å². The Kier molecular flexibility index (Phi) is 3.37. The van der Waals surface area contributed by atoms with Crippen molar-refractivity contribution in [1.82, 2.24) is 0 Å². The summed E-state index contributed by atoms with van der Waals surface area (Å²) in [6.07, 6.45) is 0. The molecular formula is C15H25N. The van der Waals surface area contributed by atoms with E-state index in [2.05, 4.69) is 53.7 Å². The third-order valence-corrected chi connectivity index (χ3v) is 3.04. The van der Waals surface area contributed by atoms with Crippen LogP contribution in [0.2, 0.25) is 0 Å². The van der Waals surface area contributed by atoms with Gasteiger partial charge in [0, 0.05) is 5.69 Å². The summed E-state index contributed by atoms with van der Waals surface area (Å²) in [5.41, 5.74) is 8.74. The fourth-order valence-corrected chi connectivity index (χ4v) is 3.01. The van der Waals surface area contributed by atoms with Crippen molar-refractivity contribution < 1.29 is 0 Å². The van der Waals surface area contributed by atoms with Gasteiger partial charge in [-0.25, -0.2) is 0 Å². The molecule has 0 fully saturated rings. The molecule has 0 atom stereocenters. The van der Waals surface area contributed by atoms with E-state index in [9.17, 15) is 0 Å². The first-order chi connectivity index (χ1) is 7.14. The maximum atomic E-state index is 6.11. The average Bonchev–Trinajstić information content (AvgIpc) is 2.03. The Morgan fingerprint density at radius 1 is 0.875 bits per heavy atom. The number of anilines is 1. The zero-order valence-corrected chi connectivity index (χ0v) is 11.5. The second kappa shape index (κ2) is 4.12. The van der Waals surface area contributed by atoms with E-state index in [-0.39, 0.29) is 10.8 Å². The highest BCUT2D eigenvalue weighted by atomic mass is 14.6. The highest BCUT2D eigenvalue weighted by Crippen LogP contribution is 2.48. The largest absolute Gasteiger partial charge is 0.398 e. The highest BCUT2D eigenvalue weighted by Gasteiger charge is 2.36. The van der Waals surface area contributed by atoms with Gasteiger partial charge in [-0.1, -0.05) is 59.7 Å². The number of nitrogens with two attached hydrogens (primary N) is 1. The molecule has 16 heavy (non-hydrogen) atoms. The van der Waals surface area contributed by atoms with Gasteiger partial charge in [0.05, 0.1) is 0 Å². The van der Waals surface area contributed by atoms with Crippen LogP contribution in [-0.2, 0) is 0 Å². The van der Waals surface area contributed by atoms with Crippen LogP contribution >= 0.6 is 0 Å². The lowest BCUT2D eigenvalue weighted by Gasteiger charge is -2.41. The Morgan fingerprint density at radius 3 is 1.69 bits per heavy atom. The maximum Gasteiger partial charge on any atom is 0.0349 e. The fourth-order valence-electron chi connectivity index (χ4n) is 3.01. The Hall–Kier alpha value is -0.980. The molecule has 0 aromatic heterocycles. The minimum atomic E-state index is 0.216. The van der Waals surface area contributed by atoms with Crippen molar-refractivity contribution in [3.05, 3.63) is 29.8 Å². The van der Waals surface area contributed by atoms with Crippen LogP contribution in [0.15, 0.2) is 24.3 Å². The Morgan fingerprint density at radius 2 is 1.31 bits per heavy atom. The average molecular weight is 219 g/mol. The predicted molar refractivity (Wildman–Crippen MR) is 72.5 cm³/mol. The molecule has 0 aliphatic heterocycles. The van der Waals surface area contributed by atoms with Gasteiger partial charge >= 0.3 is 0 Å². The van der Waals surface area contributed by atoms with Crippen LogP contribution in [0.5, 0.6) is 0 Å². The van der Waals surface area contributed by atoms with Gasteiger partial charge < -0.3 is 5.73 Å². The van der Waals surface area contributed by atoms with Gasteiger partial charge in [0.25, 0.3) is 0 Å². The number of hydrogen-bond donors (Lipinski definition) is 1. The number of rotatable bonds is 1. The molecule has 0 bridgehead atoms. The minimum absolute atomic E-state index is 0.216. The lowest BCUT2D eigenvalue weighted by Crippen LogP contribution is -2.31. The van der Waals surface area contributed by atoms with Gasteiger partial charge in [-0.05, 0) is 28.4 Å². The molecule has 0 amide bonds. The van der Waals surface area contributed by atoms with Crippen molar-refractivity contribution in [2.45, 2.75) is 47.5 Å². The molecule has 0 saturated carbocycles. The van der Waals surface area contributed by atoms with Gasteiger partial charge in [0.2, 0.25) is 0 Å². The molecule has 0 spiro atoms. The quantitative estimate of drug-likeness (QED) is 0.694. The number of nitrogen functional groups attached to an aromatic ring is 1. The van der Waals surface area contributed by atoms with Crippen LogP contribution in [0.25, 0.3) is 0 Å². The van der Waals surface area contributed by atoms with Crippen LogP contribution in [-0.4, -0.2) is 0 Å². The third kappa shape index (κ3) is 2.78. The van der Waals surface area contributed by atoms with Crippen LogP contribution < -0.4 is 5.73 Å². The van der Waals surface area contributed by atoms with Crippen molar-refractivity contribution in [1.29, 1.82) is 0 Å². The van der Waals surface area contributed by atoms with E-state index in [1.54, 1.807) is 0 Å². The molecule has 1 nitrogen and oxygen atoms in total. The van der Waals surface area contributed by atoms with Gasteiger partial charge in [-0.15, -0.1) is 0 Å². The number of benzene rings is 1. The summed E-state index contributed by atoms with van der Waals surface area (Å²) in [4.78, 5) is 0. The van der Waals surface area contributed by atoms with Crippen molar-refractivity contribution in [3.8, 4) is 0 Å². The smallest absolute Gasteiger partial charge is 0.0349 e. The monoisotopic (exact) mass is 219 g/mol. The lowest BCUT2D eigenvalue weighted by atomic mass is 9.63. The van der Waals surface area contributed by atoms with E-state index in [1.165, 1.54) is 5.56 Å². The lowest BCUT2D eigenvalue weighted by molar-refractivity contribution is 0.177. The summed E-state index contributed by atoms with van der Waals surface area (Å²) in [5.74, 6) is 0.459. The summed E-state index contributed by atoms with van der Waals surface area (Å²) in [6.45, 7) is 13.7. The molecule has 0 aliphatic rings. The van der Waals surface area contributed by atoms with Gasteiger partial charge in [-0.3, -0.25) is 0 Å². The van der Waals surface area contributed by atoms with E-state index in [4.69, 9.17) is 5.73 Å². The summed E-state index contributed by atoms with van der Waals surface area (Å²) in [5, 5.41) is 0. The van der Waals surface area contributed by atoms with Crippen LogP contribution in [0.3, 0.4) is 0 Å². The first-order valence-electron chi connectivity index (χ1n) is 5.98. The molecular weight excluding hydrogens is 194 g/mol. The zero-order chi connectivity index (χ0) is 12.6. The van der Waals surface area contributed by atoms with Crippen molar-refractivity contribution >= 4 is 5.69 Å². The Labute approximate surface area is 100 Å². The highest BCUT2D eigenvalue weighted by molar-refractivity contribution is 5.49. The van der Waals surface area contributed by atoms with Gasteiger partial charge in [0.1, 0.15) is 0 Å². The van der Waals surface area contributed by atoms with Gasteiger partial charge in [0.15, 0.2) is 0 Å². The fraction of sp³-hybridized carbons (Fsp3) is 0.600. The van der Waals surface area contributed by atoms with Crippen LogP contribution in [0.4, 0.5) is 5.69 Å².